The highest BCUT2D eigenvalue weighted by Crippen LogP contribution is 2.26. The number of aliphatic imine (C=N–C) groups is 1. The van der Waals surface area contributed by atoms with Crippen molar-refractivity contribution in [3.8, 4) is 0 Å². The van der Waals surface area contributed by atoms with Gasteiger partial charge in [0.05, 0.1) is 18.8 Å². The summed E-state index contributed by atoms with van der Waals surface area (Å²) < 4.78 is 0. The number of aliphatic hydroxyl groups excluding tert-OH is 2. The van der Waals surface area contributed by atoms with Crippen LogP contribution in [-0.4, -0.2) is 177 Å². The molecule has 0 spiro atoms. The smallest absolute Gasteiger partial charge is 0.326 e. The molecule has 4 heterocycles. The molecule has 4 rings (SSSR count). The Morgan fingerprint density at radius 3 is 1.91 bits per heavy atom. The second-order valence-corrected chi connectivity index (χ2v) is 15.3. The number of carbonyl (C=O) groups is 8. The fourth-order valence-electron chi connectivity index (χ4n) is 7.92. The Hall–Kier alpha value is -5.09. The van der Waals surface area contributed by atoms with Gasteiger partial charge in [-0.05, 0) is 84.6 Å². The van der Waals surface area contributed by atoms with Gasteiger partial charge in [-0.2, -0.15) is 0 Å². The van der Waals surface area contributed by atoms with E-state index < -0.39 is 102 Å². The Balaban J connectivity index is 1.41. The normalized spacial score (nSPS) is 24.2. The molecule has 0 bridgehead atoms. The minimum Gasteiger partial charge on any atom is -0.480 e. The third kappa shape index (κ3) is 11.5. The van der Waals surface area contributed by atoms with Gasteiger partial charge in [-0.3, -0.25) is 38.6 Å². The van der Waals surface area contributed by atoms with Crippen molar-refractivity contribution in [2.24, 2.45) is 16.5 Å². The number of carboxylic acids is 1. The Kier molecular flexibility index (Phi) is 16.6. The molecule has 324 valence electrons. The van der Waals surface area contributed by atoms with E-state index in [2.05, 4.69) is 31.6 Å². The molecule has 22 nitrogen and oxygen atoms in total. The molecule has 7 amide bonds. The highest BCUT2D eigenvalue weighted by Gasteiger charge is 2.45. The molecular formula is C36H59N11O11. The van der Waals surface area contributed by atoms with Gasteiger partial charge in [0, 0.05) is 26.2 Å². The van der Waals surface area contributed by atoms with Crippen LogP contribution in [-0.2, 0) is 38.4 Å². The maximum Gasteiger partial charge on any atom is 0.326 e. The third-order valence-corrected chi connectivity index (χ3v) is 11.0. The molecule has 4 saturated heterocycles. The maximum atomic E-state index is 14.0. The number of carbonyl (C=O) groups excluding carboxylic acids is 7. The zero-order valence-corrected chi connectivity index (χ0v) is 33.1. The van der Waals surface area contributed by atoms with E-state index in [1.807, 2.05) is 0 Å². The number of hydrogen-bond acceptors (Lipinski definition) is 12. The predicted molar refractivity (Wildman–Crippen MR) is 205 cm³/mol. The molecule has 9 atom stereocenters. The van der Waals surface area contributed by atoms with E-state index in [9.17, 15) is 53.7 Å². The van der Waals surface area contributed by atoms with Gasteiger partial charge in [-0.1, -0.05) is 0 Å². The van der Waals surface area contributed by atoms with Crippen LogP contribution in [0.5, 0.6) is 0 Å². The molecule has 4 aliphatic rings. The van der Waals surface area contributed by atoms with Gasteiger partial charge in [-0.25, -0.2) is 4.79 Å². The van der Waals surface area contributed by atoms with Crippen LogP contribution in [0.3, 0.4) is 0 Å². The monoisotopic (exact) mass is 821 g/mol. The number of carboxylic acid groups (broad SMARTS) is 1. The minimum atomic E-state index is -1.64. The Morgan fingerprint density at radius 1 is 0.741 bits per heavy atom. The first-order valence-electron chi connectivity index (χ1n) is 20.0. The number of hydrogen-bond donors (Lipinski definition) is 10. The van der Waals surface area contributed by atoms with Crippen molar-refractivity contribution in [3.63, 3.8) is 0 Å². The standard InChI is InChI=1S/C36H59N11O11/c1-19(41-29(51)21-8-3-13-39-21)28(50)42-22(9-4-14-40-36(37)38)32(54)45-15-5-10-24(45)30(52)44-27(20(2)49)31(53)43-23(18-48)33(55)46-16-6-11-25(46)34(56)47-17-7-12-26(47)35(57)58/h19-27,39,48-49H,3-18H2,1-2H3,(H,41,51)(H,42,50)(H,43,53)(H,44,52)(H,57,58)(H4,37,38,40)/t19-,20+,21-,22-,23-,24-,25-,26-,27-/m0/s1. The third-order valence-electron chi connectivity index (χ3n) is 11.0. The number of nitrogens with two attached hydrogens (primary N) is 2. The molecule has 4 fully saturated rings. The van der Waals surface area contributed by atoms with Crippen molar-refractivity contribution in [2.45, 2.75) is 132 Å². The molecule has 22 heteroatoms. The maximum absolute atomic E-state index is 14.0. The summed E-state index contributed by atoms with van der Waals surface area (Å²) in [6.45, 7) is 3.13. The summed E-state index contributed by atoms with van der Waals surface area (Å²) in [7, 11) is 0. The zero-order chi connectivity index (χ0) is 42.7. The van der Waals surface area contributed by atoms with Crippen molar-refractivity contribution in [2.75, 3.05) is 39.3 Å². The van der Waals surface area contributed by atoms with Crippen molar-refractivity contribution >= 4 is 53.3 Å². The largest absolute Gasteiger partial charge is 0.480 e. The van der Waals surface area contributed by atoms with Crippen LogP contribution >= 0.6 is 0 Å². The Bertz CT molecular complexity index is 1570. The molecule has 0 aliphatic carbocycles. The van der Waals surface area contributed by atoms with E-state index in [-0.39, 0.29) is 70.1 Å². The molecule has 0 aromatic carbocycles. The highest BCUT2D eigenvalue weighted by molar-refractivity contribution is 5.98. The number of amides is 7. The fourth-order valence-corrected chi connectivity index (χ4v) is 7.92. The summed E-state index contributed by atoms with van der Waals surface area (Å²) in [6.07, 6.45) is 2.34. The van der Waals surface area contributed by atoms with Gasteiger partial charge >= 0.3 is 5.97 Å². The minimum absolute atomic E-state index is 0.0773. The van der Waals surface area contributed by atoms with E-state index >= 15 is 0 Å². The summed E-state index contributed by atoms with van der Waals surface area (Å²) in [5, 5.41) is 43.6. The van der Waals surface area contributed by atoms with Gasteiger partial charge in [-0.15, -0.1) is 0 Å². The lowest BCUT2D eigenvalue weighted by atomic mass is 10.1. The number of guanidine groups is 1. The summed E-state index contributed by atoms with van der Waals surface area (Å²) in [5.74, 6) is -6.02. The van der Waals surface area contributed by atoms with Crippen molar-refractivity contribution in [1.82, 2.24) is 41.3 Å². The first-order valence-corrected chi connectivity index (χ1v) is 20.0. The molecule has 12 N–H and O–H groups in total. The van der Waals surface area contributed by atoms with E-state index in [0.29, 0.717) is 32.2 Å². The van der Waals surface area contributed by atoms with E-state index in [1.165, 1.54) is 28.5 Å². The lowest BCUT2D eigenvalue weighted by Crippen LogP contribution is -2.62. The van der Waals surface area contributed by atoms with Crippen LogP contribution in [0.1, 0.15) is 78.1 Å². The van der Waals surface area contributed by atoms with Crippen LogP contribution in [0.15, 0.2) is 4.99 Å². The summed E-state index contributed by atoms with van der Waals surface area (Å²) in [5.41, 5.74) is 10.9. The highest BCUT2D eigenvalue weighted by atomic mass is 16.4. The molecule has 0 radical (unpaired) electrons. The quantitative estimate of drug-likeness (QED) is 0.0353. The van der Waals surface area contributed by atoms with Crippen LogP contribution in [0.2, 0.25) is 0 Å². The second kappa shape index (κ2) is 21.1. The van der Waals surface area contributed by atoms with Crippen LogP contribution < -0.4 is 38.1 Å². The number of aliphatic carboxylic acids is 1. The number of nitrogens with one attached hydrogen (secondary N) is 5. The average Bonchev–Trinajstić information content (AvgIpc) is 4.03. The topological polar surface area (TPSA) is 332 Å². The first kappa shape index (κ1) is 45.6. The van der Waals surface area contributed by atoms with Gasteiger partial charge in [0.2, 0.25) is 41.4 Å². The van der Waals surface area contributed by atoms with Crippen LogP contribution in [0, 0.1) is 0 Å². The van der Waals surface area contributed by atoms with Crippen molar-refractivity contribution < 1.29 is 53.7 Å². The van der Waals surface area contributed by atoms with Gasteiger partial charge in [0.1, 0.15) is 42.3 Å². The molecule has 0 aromatic heterocycles. The van der Waals surface area contributed by atoms with E-state index in [0.717, 1.165) is 6.42 Å². The van der Waals surface area contributed by atoms with Gasteiger partial charge < -0.3 is 68.1 Å². The summed E-state index contributed by atoms with van der Waals surface area (Å²) >= 11 is 0. The van der Waals surface area contributed by atoms with Crippen molar-refractivity contribution in [1.29, 1.82) is 0 Å². The average molecular weight is 822 g/mol. The Morgan fingerprint density at radius 2 is 1.33 bits per heavy atom. The fraction of sp³-hybridized carbons (Fsp3) is 0.750. The van der Waals surface area contributed by atoms with Gasteiger partial charge in [0.25, 0.3) is 0 Å². The predicted octanol–water partition coefficient (Wildman–Crippen LogP) is -4.82. The SMILES string of the molecule is C[C@H](NC(=O)[C@@H]1CCCN1)C(=O)N[C@@H](CCCN=C(N)N)C(=O)N1CCC[C@H]1C(=O)N[C@H](C(=O)N[C@@H](CO)C(=O)N1CCC[C@H]1C(=O)N1CCC[C@H]1C(=O)O)[C@@H](C)O. The first-order chi connectivity index (χ1) is 27.5. The molecule has 0 aromatic rings. The van der Waals surface area contributed by atoms with E-state index in [4.69, 9.17) is 11.5 Å². The lowest BCUT2D eigenvalue weighted by Gasteiger charge is -2.33. The number of nitrogens with zero attached hydrogens (tertiary/aromatic N) is 4. The van der Waals surface area contributed by atoms with Crippen LogP contribution in [0.4, 0.5) is 0 Å². The van der Waals surface area contributed by atoms with E-state index in [1.54, 1.807) is 0 Å². The molecule has 4 aliphatic heterocycles. The molecule has 58 heavy (non-hydrogen) atoms. The Labute approximate surface area is 336 Å². The number of aliphatic hydroxyl groups is 2. The second-order valence-electron chi connectivity index (χ2n) is 15.3. The molecule has 0 unspecified atom stereocenters. The van der Waals surface area contributed by atoms with Crippen molar-refractivity contribution in [3.05, 3.63) is 0 Å². The molecular weight excluding hydrogens is 762 g/mol. The summed E-state index contributed by atoms with van der Waals surface area (Å²) in [6, 6.07) is -8.90. The summed E-state index contributed by atoms with van der Waals surface area (Å²) in [4.78, 5) is 114. The lowest BCUT2D eigenvalue weighted by molar-refractivity contribution is -0.152. The number of likely N-dealkylation sites (tertiary alicyclic amines) is 3. The van der Waals surface area contributed by atoms with Gasteiger partial charge in [0.15, 0.2) is 5.96 Å². The molecule has 0 saturated carbocycles. The number of rotatable bonds is 18. The van der Waals surface area contributed by atoms with Crippen LogP contribution in [0.25, 0.3) is 0 Å². The zero-order valence-electron chi connectivity index (χ0n) is 33.1.